The number of hydrogen-bond acceptors (Lipinski definition) is 4. The predicted octanol–water partition coefficient (Wildman–Crippen LogP) is -0.930. The van der Waals surface area contributed by atoms with Crippen molar-refractivity contribution in [2.45, 2.75) is 32.0 Å². The lowest BCUT2D eigenvalue weighted by Crippen LogP contribution is -2.29. The van der Waals surface area contributed by atoms with Crippen LogP contribution in [0.1, 0.15) is 19.8 Å². The number of hydrogen-bond donors (Lipinski definition) is 3. The summed E-state index contributed by atoms with van der Waals surface area (Å²) < 4.78 is 0. The molecule has 0 spiro atoms. The summed E-state index contributed by atoms with van der Waals surface area (Å²) >= 11 is 0. The molecule has 0 aliphatic heterocycles. The summed E-state index contributed by atoms with van der Waals surface area (Å²) in [5.74, 6) is -0.0332. The minimum atomic E-state index is -1.13. The summed E-state index contributed by atoms with van der Waals surface area (Å²) in [6, 6.07) is 0. The molecule has 2 atom stereocenters. The van der Waals surface area contributed by atoms with E-state index in [9.17, 15) is 4.79 Å². The van der Waals surface area contributed by atoms with Crippen molar-refractivity contribution in [3.63, 3.8) is 0 Å². The van der Waals surface area contributed by atoms with Gasteiger partial charge in [-0.2, -0.15) is 0 Å². The molecule has 4 nitrogen and oxygen atoms in total. The summed E-state index contributed by atoms with van der Waals surface area (Å²) in [5, 5.41) is 26.2. The molecule has 11 heavy (non-hydrogen) atoms. The minimum Gasteiger partial charge on any atom is -0.394 e. The molecule has 1 unspecified atom stereocenters. The average molecular weight is 162 g/mol. The molecule has 0 saturated carbocycles. The van der Waals surface area contributed by atoms with E-state index in [-0.39, 0.29) is 18.6 Å². The van der Waals surface area contributed by atoms with E-state index < -0.39 is 18.8 Å². The highest BCUT2D eigenvalue weighted by Crippen LogP contribution is 2.02. The third kappa shape index (κ3) is 4.89. The van der Waals surface area contributed by atoms with Gasteiger partial charge in [0.2, 0.25) is 0 Å². The maximum absolute atomic E-state index is 10.4. The number of ketones is 1. The van der Waals surface area contributed by atoms with E-state index in [1.807, 2.05) is 0 Å². The highest BCUT2D eigenvalue weighted by Gasteiger charge is 2.14. The van der Waals surface area contributed by atoms with Crippen LogP contribution in [0.4, 0.5) is 0 Å². The first-order valence-corrected chi connectivity index (χ1v) is 3.54. The van der Waals surface area contributed by atoms with Crippen LogP contribution in [0.25, 0.3) is 0 Å². The molecule has 0 bridgehead atoms. The van der Waals surface area contributed by atoms with Crippen LogP contribution in [0.15, 0.2) is 0 Å². The third-order valence-electron chi connectivity index (χ3n) is 1.42. The lowest BCUT2D eigenvalue weighted by atomic mass is 10.1. The van der Waals surface area contributed by atoms with Crippen LogP contribution in [-0.2, 0) is 4.79 Å². The standard InChI is InChI=1S/C7H14O4/c1-5(9)2-3-6(10)7(11)4-8/h6-8,10-11H,2-4H2,1H3/t6-,7?/m0/s1. The monoisotopic (exact) mass is 162 g/mol. The number of aliphatic hydroxyl groups excluding tert-OH is 3. The lowest BCUT2D eigenvalue weighted by molar-refractivity contribution is -0.118. The largest absolute Gasteiger partial charge is 0.394 e. The smallest absolute Gasteiger partial charge is 0.129 e. The van der Waals surface area contributed by atoms with Gasteiger partial charge >= 0.3 is 0 Å². The fourth-order valence-electron chi connectivity index (χ4n) is 0.665. The predicted molar refractivity (Wildman–Crippen MR) is 39.0 cm³/mol. The normalized spacial score (nSPS) is 16.0. The highest BCUT2D eigenvalue weighted by atomic mass is 16.4. The molecule has 3 N–H and O–H groups in total. The maximum atomic E-state index is 10.4. The molecule has 0 amide bonds. The second-order valence-electron chi connectivity index (χ2n) is 2.56. The Labute approximate surface area is 65.5 Å². The van der Waals surface area contributed by atoms with Crippen LogP contribution in [0, 0.1) is 0 Å². The molecular formula is C7H14O4. The van der Waals surface area contributed by atoms with Gasteiger partial charge in [0.25, 0.3) is 0 Å². The Hall–Kier alpha value is -0.450. The summed E-state index contributed by atoms with van der Waals surface area (Å²) in [4.78, 5) is 10.4. The van der Waals surface area contributed by atoms with Crippen molar-refractivity contribution in [2.24, 2.45) is 0 Å². The molecule has 0 aromatic carbocycles. The molecule has 0 saturated heterocycles. The summed E-state index contributed by atoms with van der Waals surface area (Å²) in [7, 11) is 0. The van der Waals surface area contributed by atoms with Crippen LogP contribution in [0.2, 0.25) is 0 Å². The molecular weight excluding hydrogens is 148 g/mol. The summed E-state index contributed by atoms with van der Waals surface area (Å²) in [6.45, 7) is 0.942. The fourth-order valence-corrected chi connectivity index (χ4v) is 0.665. The van der Waals surface area contributed by atoms with E-state index >= 15 is 0 Å². The molecule has 0 aromatic heterocycles. The van der Waals surface area contributed by atoms with Gasteiger partial charge in [0.1, 0.15) is 11.9 Å². The second-order valence-corrected chi connectivity index (χ2v) is 2.56. The fraction of sp³-hybridized carbons (Fsp3) is 0.857. The third-order valence-corrected chi connectivity index (χ3v) is 1.42. The Morgan fingerprint density at radius 2 is 1.91 bits per heavy atom. The molecule has 0 aromatic rings. The molecule has 4 heteroatoms. The highest BCUT2D eigenvalue weighted by molar-refractivity contribution is 5.75. The van der Waals surface area contributed by atoms with Crippen LogP contribution < -0.4 is 0 Å². The van der Waals surface area contributed by atoms with Gasteiger partial charge in [-0.25, -0.2) is 0 Å². The van der Waals surface area contributed by atoms with Crippen LogP contribution in [0.5, 0.6) is 0 Å². The minimum absolute atomic E-state index is 0.0332. The van der Waals surface area contributed by atoms with E-state index in [2.05, 4.69) is 0 Å². The van der Waals surface area contributed by atoms with Gasteiger partial charge in [-0.1, -0.05) is 0 Å². The van der Waals surface area contributed by atoms with Crippen molar-refractivity contribution in [3.05, 3.63) is 0 Å². The van der Waals surface area contributed by atoms with Gasteiger partial charge in [0.15, 0.2) is 0 Å². The van der Waals surface area contributed by atoms with Crippen molar-refractivity contribution in [3.8, 4) is 0 Å². The van der Waals surface area contributed by atoms with Crippen molar-refractivity contribution in [1.29, 1.82) is 0 Å². The van der Waals surface area contributed by atoms with E-state index in [1.165, 1.54) is 6.92 Å². The Bertz CT molecular complexity index is 124. The maximum Gasteiger partial charge on any atom is 0.129 e. The van der Waals surface area contributed by atoms with E-state index in [0.717, 1.165) is 0 Å². The zero-order valence-electron chi connectivity index (χ0n) is 6.53. The zero-order valence-corrected chi connectivity index (χ0v) is 6.53. The Morgan fingerprint density at radius 1 is 1.36 bits per heavy atom. The molecule has 0 rings (SSSR count). The van der Waals surface area contributed by atoms with Gasteiger partial charge < -0.3 is 20.1 Å². The zero-order chi connectivity index (χ0) is 8.85. The number of carbonyl (C=O) groups excluding carboxylic acids is 1. The van der Waals surface area contributed by atoms with E-state index in [0.29, 0.717) is 0 Å². The first kappa shape index (κ1) is 10.6. The number of rotatable bonds is 5. The SMILES string of the molecule is CC(=O)CC[C@H](O)C(O)CO. The average Bonchev–Trinajstić information content (AvgIpc) is 1.98. The van der Waals surface area contributed by atoms with E-state index in [4.69, 9.17) is 15.3 Å². The summed E-state index contributed by atoms with van der Waals surface area (Å²) in [6.07, 6.45) is -1.69. The van der Waals surface area contributed by atoms with Gasteiger partial charge in [-0.3, -0.25) is 0 Å². The summed E-state index contributed by atoms with van der Waals surface area (Å²) in [5.41, 5.74) is 0. The first-order valence-electron chi connectivity index (χ1n) is 3.54. The van der Waals surface area contributed by atoms with Crippen molar-refractivity contribution < 1.29 is 20.1 Å². The topological polar surface area (TPSA) is 77.8 Å². The van der Waals surface area contributed by atoms with Gasteiger partial charge in [-0.05, 0) is 13.3 Å². The Morgan fingerprint density at radius 3 is 2.27 bits per heavy atom. The first-order chi connectivity index (χ1) is 5.07. The number of aliphatic hydroxyl groups is 3. The van der Waals surface area contributed by atoms with E-state index in [1.54, 1.807) is 0 Å². The molecule has 0 aliphatic carbocycles. The quantitative estimate of drug-likeness (QED) is 0.488. The Kier molecular flexibility index (Phi) is 5.02. The van der Waals surface area contributed by atoms with Gasteiger partial charge in [-0.15, -0.1) is 0 Å². The molecule has 0 heterocycles. The van der Waals surface area contributed by atoms with Crippen molar-refractivity contribution >= 4 is 5.78 Å². The molecule has 66 valence electrons. The molecule has 0 fully saturated rings. The number of carbonyl (C=O) groups is 1. The molecule has 0 radical (unpaired) electrons. The van der Waals surface area contributed by atoms with Crippen molar-refractivity contribution in [1.82, 2.24) is 0 Å². The van der Waals surface area contributed by atoms with Crippen molar-refractivity contribution in [2.75, 3.05) is 6.61 Å². The Balaban J connectivity index is 3.51. The second kappa shape index (κ2) is 5.23. The lowest BCUT2D eigenvalue weighted by Gasteiger charge is -2.13. The van der Waals surface area contributed by atoms with Gasteiger partial charge in [0.05, 0.1) is 12.7 Å². The van der Waals surface area contributed by atoms with Crippen LogP contribution in [-0.4, -0.2) is 39.9 Å². The molecule has 0 aliphatic rings. The van der Waals surface area contributed by atoms with Gasteiger partial charge in [0, 0.05) is 6.42 Å². The number of Topliss-reactive ketones (excluding diaryl/α,β-unsaturated/α-hetero) is 1. The van der Waals surface area contributed by atoms with Crippen LogP contribution >= 0.6 is 0 Å². The van der Waals surface area contributed by atoms with Crippen LogP contribution in [0.3, 0.4) is 0 Å².